The van der Waals surface area contributed by atoms with Gasteiger partial charge in [-0.25, -0.2) is 13.6 Å². The maximum atomic E-state index is 13.5. The van der Waals surface area contributed by atoms with E-state index in [1.807, 2.05) is 0 Å². The second kappa shape index (κ2) is 6.24. The van der Waals surface area contributed by atoms with Crippen LogP contribution in [0.4, 0.5) is 13.6 Å². The summed E-state index contributed by atoms with van der Waals surface area (Å²) >= 11 is 0. The molecule has 2 atom stereocenters. The number of nitrogens with zero attached hydrogens (tertiary/aromatic N) is 1. The highest BCUT2D eigenvalue weighted by Gasteiger charge is 2.39. The SMILES string of the molecule is CC(O)C(F)(F)CC1CCCN(C(=O)OC(C)(C)C)C1. The van der Waals surface area contributed by atoms with Gasteiger partial charge in [-0.3, -0.25) is 0 Å². The molecule has 6 heteroatoms. The molecule has 0 aliphatic carbocycles. The number of aliphatic hydroxyl groups excluding tert-OH is 1. The number of hydrogen-bond acceptors (Lipinski definition) is 3. The van der Waals surface area contributed by atoms with Crippen LogP contribution in [0.1, 0.15) is 47.0 Å². The Kier molecular flexibility index (Phi) is 5.35. The largest absolute Gasteiger partial charge is 0.444 e. The molecule has 0 aromatic rings. The van der Waals surface area contributed by atoms with Crippen LogP contribution in [0.3, 0.4) is 0 Å². The monoisotopic (exact) mass is 293 g/mol. The molecule has 0 aromatic carbocycles. The molecule has 1 amide bonds. The van der Waals surface area contributed by atoms with Crippen molar-refractivity contribution >= 4 is 6.09 Å². The fourth-order valence-corrected chi connectivity index (χ4v) is 2.28. The zero-order valence-electron chi connectivity index (χ0n) is 12.7. The van der Waals surface area contributed by atoms with Gasteiger partial charge < -0.3 is 14.7 Å². The molecule has 1 rings (SSSR count). The van der Waals surface area contributed by atoms with Crippen LogP contribution in [0, 0.1) is 5.92 Å². The minimum absolute atomic E-state index is 0.261. The Bertz CT molecular complexity index is 340. The highest BCUT2D eigenvalue weighted by molar-refractivity contribution is 5.68. The number of carbonyl (C=O) groups is 1. The number of carbonyl (C=O) groups excluding carboxylic acids is 1. The number of alkyl halides is 2. The van der Waals surface area contributed by atoms with E-state index in [9.17, 15) is 13.6 Å². The lowest BCUT2D eigenvalue weighted by Gasteiger charge is -2.35. The number of hydrogen-bond donors (Lipinski definition) is 1. The molecule has 20 heavy (non-hydrogen) atoms. The summed E-state index contributed by atoms with van der Waals surface area (Å²) in [4.78, 5) is 13.4. The summed E-state index contributed by atoms with van der Waals surface area (Å²) in [6, 6.07) is 0. The summed E-state index contributed by atoms with van der Waals surface area (Å²) in [6.45, 7) is 7.20. The van der Waals surface area contributed by atoms with Gasteiger partial charge in [0.1, 0.15) is 11.7 Å². The Morgan fingerprint density at radius 2 is 2.05 bits per heavy atom. The highest BCUT2D eigenvalue weighted by atomic mass is 19.3. The first-order valence-electron chi connectivity index (χ1n) is 7.05. The molecule has 0 bridgehead atoms. The number of piperidine rings is 1. The first-order valence-corrected chi connectivity index (χ1v) is 7.05. The summed E-state index contributed by atoms with van der Waals surface area (Å²) in [6.07, 6.45) is -1.20. The van der Waals surface area contributed by atoms with Crippen molar-refractivity contribution in [2.75, 3.05) is 13.1 Å². The third kappa shape index (κ3) is 5.23. The molecule has 1 N–H and O–H groups in total. The molecule has 0 radical (unpaired) electrons. The van der Waals surface area contributed by atoms with Gasteiger partial charge in [-0.2, -0.15) is 0 Å². The van der Waals surface area contributed by atoms with Crippen molar-refractivity contribution in [2.45, 2.75) is 64.6 Å². The summed E-state index contributed by atoms with van der Waals surface area (Å²) in [5.74, 6) is -3.41. The topological polar surface area (TPSA) is 49.8 Å². The molecule has 0 saturated carbocycles. The van der Waals surface area contributed by atoms with Crippen LogP contribution in [0.5, 0.6) is 0 Å². The Hall–Kier alpha value is -0.910. The van der Waals surface area contributed by atoms with Crippen molar-refractivity contribution in [3.05, 3.63) is 0 Å². The molecule has 1 saturated heterocycles. The molecular formula is C14H25F2NO3. The van der Waals surface area contributed by atoms with Crippen molar-refractivity contribution in [2.24, 2.45) is 5.92 Å². The quantitative estimate of drug-likeness (QED) is 0.870. The average molecular weight is 293 g/mol. The number of amides is 1. The van der Waals surface area contributed by atoms with Gasteiger partial charge in [0.15, 0.2) is 0 Å². The molecular weight excluding hydrogens is 268 g/mol. The molecule has 1 fully saturated rings. The lowest BCUT2D eigenvalue weighted by atomic mass is 9.90. The molecule has 4 nitrogen and oxygen atoms in total. The Labute approximate surface area is 119 Å². The van der Waals surface area contributed by atoms with Gasteiger partial charge in [-0.05, 0) is 46.5 Å². The molecule has 1 aliphatic heterocycles. The highest BCUT2D eigenvalue weighted by Crippen LogP contribution is 2.32. The van der Waals surface area contributed by atoms with Crippen LogP contribution in [0.15, 0.2) is 0 Å². The number of halogens is 2. The van der Waals surface area contributed by atoms with Gasteiger partial charge in [0.25, 0.3) is 5.92 Å². The second-order valence-corrected chi connectivity index (χ2v) is 6.58. The number of likely N-dealkylation sites (tertiary alicyclic amines) is 1. The van der Waals surface area contributed by atoms with Crippen molar-refractivity contribution < 1.29 is 23.4 Å². The fraction of sp³-hybridized carbons (Fsp3) is 0.929. The lowest BCUT2D eigenvalue weighted by Crippen LogP contribution is -2.45. The third-order valence-corrected chi connectivity index (χ3v) is 3.34. The van der Waals surface area contributed by atoms with Crippen molar-refractivity contribution in [3.63, 3.8) is 0 Å². The van der Waals surface area contributed by atoms with Crippen LogP contribution < -0.4 is 0 Å². The Morgan fingerprint density at radius 1 is 1.45 bits per heavy atom. The minimum atomic E-state index is -3.11. The van der Waals surface area contributed by atoms with Gasteiger partial charge in [0.2, 0.25) is 0 Å². The molecule has 1 aliphatic rings. The normalized spacial score (nSPS) is 22.6. The molecule has 0 spiro atoms. The average Bonchev–Trinajstić information content (AvgIpc) is 2.26. The van der Waals surface area contributed by atoms with Crippen LogP contribution in [-0.2, 0) is 4.74 Å². The lowest BCUT2D eigenvalue weighted by molar-refractivity contribution is -0.118. The van der Waals surface area contributed by atoms with Gasteiger partial charge >= 0.3 is 6.09 Å². The van der Waals surface area contributed by atoms with Crippen LogP contribution in [0.2, 0.25) is 0 Å². The van der Waals surface area contributed by atoms with E-state index >= 15 is 0 Å². The molecule has 2 unspecified atom stereocenters. The standard InChI is InChI=1S/C14H25F2NO3/c1-10(18)14(15,16)8-11-6-5-7-17(9-11)12(19)20-13(2,3)4/h10-11,18H,5-9H2,1-4H3. The second-order valence-electron chi connectivity index (χ2n) is 6.58. The van der Waals surface area contributed by atoms with E-state index in [-0.39, 0.29) is 12.5 Å². The predicted octanol–water partition coefficient (Wildman–Crippen LogP) is 3.04. The smallest absolute Gasteiger partial charge is 0.410 e. The van der Waals surface area contributed by atoms with E-state index < -0.39 is 30.1 Å². The van der Waals surface area contributed by atoms with Gasteiger partial charge in [0.05, 0.1) is 0 Å². The van der Waals surface area contributed by atoms with E-state index in [1.165, 1.54) is 4.90 Å². The van der Waals surface area contributed by atoms with E-state index in [0.717, 1.165) is 6.92 Å². The van der Waals surface area contributed by atoms with Crippen LogP contribution in [-0.4, -0.2) is 46.8 Å². The van der Waals surface area contributed by atoms with Crippen molar-refractivity contribution in [1.29, 1.82) is 0 Å². The zero-order chi connectivity index (χ0) is 15.6. The molecule has 0 aromatic heterocycles. The first-order chi connectivity index (χ1) is 9.01. The maximum Gasteiger partial charge on any atom is 0.410 e. The van der Waals surface area contributed by atoms with Crippen molar-refractivity contribution in [3.8, 4) is 0 Å². The minimum Gasteiger partial charge on any atom is -0.444 e. The predicted molar refractivity (Wildman–Crippen MR) is 71.8 cm³/mol. The molecule has 1 heterocycles. The zero-order valence-corrected chi connectivity index (χ0v) is 12.7. The summed E-state index contributed by atoms with van der Waals surface area (Å²) in [5, 5.41) is 9.08. The fourth-order valence-electron chi connectivity index (χ4n) is 2.28. The van der Waals surface area contributed by atoms with Crippen LogP contribution in [0.25, 0.3) is 0 Å². The Morgan fingerprint density at radius 3 is 2.55 bits per heavy atom. The maximum absolute atomic E-state index is 13.5. The van der Waals surface area contributed by atoms with E-state index in [0.29, 0.717) is 19.4 Å². The Balaban J connectivity index is 2.57. The van der Waals surface area contributed by atoms with Gasteiger partial charge in [-0.15, -0.1) is 0 Å². The van der Waals surface area contributed by atoms with Gasteiger partial charge in [-0.1, -0.05) is 0 Å². The molecule has 118 valence electrons. The first kappa shape index (κ1) is 17.1. The number of aliphatic hydroxyl groups is 1. The summed E-state index contributed by atoms with van der Waals surface area (Å²) in [5.41, 5.74) is -0.590. The van der Waals surface area contributed by atoms with E-state index in [2.05, 4.69) is 0 Å². The van der Waals surface area contributed by atoms with Crippen molar-refractivity contribution in [1.82, 2.24) is 4.90 Å². The summed E-state index contributed by atoms with van der Waals surface area (Å²) in [7, 11) is 0. The van der Waals surface area contributed by atoms with E-state index in [1.54, 1.807) is 20.8 Å². The number of rotatable bonds is 3. The third-order valence-electron chi connectivity index (χ3n) is 3.34. The van der Waals surface area contributed by atoms with Crippen LogP contribution >= 0.6 is 0 Å². The summed E-state index contributed by atoms with van der Waals surface area (Å²) < 4.78 is 32.3. The number of ether oxygens (including phenoxy) is 1. The van der Waals surface area contributed by atoms with E-state index in [4.69, 9.17) is 9.84 Å². The van der Waals surface area contributed by atoms with Gasteiger partial charge in [0, 0.05) is 19.5 Å².